The summed E-state index contributed by atoms with van der Waals surface area (Å²) in [6.45, 7) is 9.58. The van der Waals surface area contributed by atoms with Crippen LogP contribution in [-0.4, -0.2) is 29.3 Å². The van der Waals surface area contributed by atoms with E-state index in [1.165, 1.54) is 0 Å². The summed E-state index contributed by atoms with van der Waals surface area (Å²) < 4.78 is 0. The Hall–Kier alpha value is -3.15. The Morgan fingerprint density at radius 2 is 1.76 bits per heavy atom. The van der Waals surface area contributed by atoms with Crippen LogP contribution in [0.4, 0.5) is 10.5 Å². The number of aryl methyl sites for hydroxylation is 1. The Bertz CT molecular complexity index is 960. The second-order valence-corrected chi connectivity index (χ2v) is 8.69. The molecule has 0 aliphatic carbocycles. The summed E-state index contributed by atoms with van der Waals surface area (Å²) in [6, 6.07) is 14.4. The molecule has 2 N–H and O–H groups in total. The van der Waals surface area contributed by atoms with Crippen molar-refractivity contribution in [3.05, 3.63) is 65.2 Å². The van der Waals surface area contributed by atoms with Gasteiger partial charge in [-0.2, -0.15) is 0 Å². The summed E-state index contributed by atoms with van der Waals surface area (Å²) in [5, 5.41) is 5.47. The molecule has 6 nitrogen and oxygen atoms in total. The van der Waals surface area contributed by atoms with Gasteiger partial charge in [-0.05, 0) is 48.1 Å². The predicted molar refractivity (Wildman–Crippen MR) is 113 cm³/mol. The summed E-state index contributed by atoms with van der Waals surface area (Å²) >= 11 is 0. The molecule has 1 aliphatic rings. The maximum Gasteiger partial charge on any atom is 0.325 e. The van der Waals surface area contributed by atoms with Crippen molar-refractivity contribution in [3.63, 3.8) is 0 Å². The number of hydrogen-bond donors (Lipinski definition) is 2. The molecule has 1 atom stereocenters. The molecule has 0 spiro atoms. The van der Waals surface area contributed by atoms with Crippen molar-refractivity contribution in [2.75, 3.05) is 11.9 Å². The molecule has 1 aliphatic heterocycles. The molecule has 0 radical (unpaired) electrons. The highest BCUT2D eigenvalue weighted by Crippen LogP contribution is 2.31. The van der Waals surface area contributed by atoms with Crippen LogP contribution >= 0.6 is 0 Å². The van der Waals surface area contributed by atoms with Gasteiger partial charge in [-0.3, -0.25) is 14.5 Å². The van der Waals surface area contributed by atoms with E-state index in [1.54, 1.807) is 13.0 Å². The second-order valence-electron chi connectivity index (χ2n) is 8.69. The van der Waals surface area contributed by atoms with E-state index in [-0.39, 0.29) is 12.0 Å². The fraction of sp³-hybridized carbons (Fsp3) is 0.348. The van der Waals surface area contributed by atoms with E-state index in [0.29, 0.717) is 11.3 Å². The van der Waals surface area contributed by atoms with Gasteiger partial charge in [0, 0.05) is 5.69 Å². The molecule has 0 bridgehead atoms. The van der Waals surface area contributed by atoms with Gasteiger partial charge in [0.25, 0.3) is 5.91 Å². The summed E-state index contributed by atoms with van der Waals surface area (Å²) in [4.78, 5) is 38.8. The van der Waals surface area contributed by atoms with Crippen molar-refractivity contribution >= 4 is 23.5 Å². The van der Waals surface area contributed by atoms with Gasteiger partial charge >= 0.3 is 6.03 Å². The number of carbonyl (C=O) groups excluding carboxylic acids is 3. The third-order valence-corrected chi connectivity index (χ3v) is 5.21. The molecule has 4 amide bonds. The first-order chi connectivity index (χ1) is 13.5. The molecule has 0 aromatic heterocycles. The molecule has 0 unspecified atom stereocenters. The van der Waals surface area contributed by atoms with Gasteiger partial charge in [-0.1, -0.05) is 57.2 Å². The summed E-state index contributed by atoms with van der Waals surface area (Å²) in [5.74, 6) is -0.864. The maximum atomic E-state index is 13.0. The van der Waals surface area contributed by atoms with Gasteiger partial charge in [-0.15, -0.1) is 0 Å². The van der Waals surface area contributed by atoms with Crippen LogP contribution < -0.4 is 10.6 Å². The van der Waals surface area contributed by atoms with Gasteiger partial charge in [0.05, 0.1) is 0 Å². The zero-order valence-electron chi connectivity index (χ0n) is 17.5. The molecule has 1 heterocycles. The van der Waals surface area contributed by atoms with Crippen LogP contribution in [0.1, 0.15) is 44.4 Å². The first-order valence-corrected chi connectivity index (χ1v) is 9.62. The average molecular weight is 393 g/mol. The average Bonchev–Trinajstić information content (AvgIpc) is 2.85. The molecular weight excluding hydrogens is 366 g/mol. The largest absolute Gasteiger partial charge is 0.325 e. The van der Waals surface area contributed by atoms with Crippen molar-refractivity contribution in [1.29, 1.82) is 0 Å². The number of benzene rings is 2. The Morgan fingerprint density at radius 3 is 2.34 bits per heavy atom. The lowest BCUT2D eigenvalue weighted by Gasteiger charge is -2.24. The molecule has 3 rings (SSSR count). The van der Waals surface area contributed by atoms with E-state index < -0.39 is 23.4 Å². The molecule has 0 saturated carbocycles. The number of amides is 4. The number of urea groups is 1. The van der Waals surface area contributed by atoms with E-state index in [4.69, 9.17) is 0 Å². The van der Waals surface area contributed by atoms with Crippen molar-refractivity contribution in [2.24, 2.45) is 0 Å². The zero-order chi connectivity index (χ0) is 21.4. The molecule has 2 aromatic carbocycles. The number of hydrogen-bond acceptors (Lipinski definition) is 3. The predicted octanol–water partition coefficient (Wildman–Crippen LogP) is 3.70. The van der Waals surface area contributed by atoms with E-state index in [9.17, 15) is 14.4 Å². The fourth-order valence-corrected chi connectivity index (χ4v) is 3.41. The number of nitrogens with one attached hydrogen (secondary N) is 2. The van der Waals surface area contributed by atoms with Crippen LogP contribution in [-0.2, 0) is 20.5 Å². The lowest BCUT2D eigenvalue weighted by atomic mass is 9.84. The number of rotatable bonds is 4. The van der Waals surface area contributed by atoms with Gasteiger partial charge in [-0.25, -0.2) is 4.79 Å². The Labute approximate surface area is 171 Å². The van der Waals surface area contributed by atoms with Crippen LogP contribution in [0.5, 0.6) is 0 Å². The van der Waals surface area contributed by atoms with Crippen molar-refractivity contribution in [2.45, 2.75) is 45.6 Å². The third kappa shape index (κ3) is 4.16. The normalized spacial score (nSPS) is 19.3. The highest BCUT2D eigenvalue weighted by atomic mass is 16.2. The number of imide groups is 1. The summed E-state index contributed by atoms with van der Waals surface area (Å²) in [7, 11) is 0. The highest BCUT2D eigenvalue weighted by Gasteiger charge is 2.49. The summed E-state index contributed by atoms with van der Waals surface area (Å²) in [5.41, 5.74) is 2.24. The molecule has 1 saturated heterocycles. The summed E-state index contributed by atoms with van der Waals surface area (Å²) in [6.07, 6.45) is 0. The minimum atomic E-state index is -1.20. The highest BCUT2D eigenvalue weighted by molar-refractivity contribution is 6.10. The van der Waals surface area contributed by atoms with Crippen LogP contribution in [0.15, 0.2) is 48.5 Å². The van der Waals surface area contributed by atoms with Crippen LogP contribution in [0, 0.1) is 6.92 Å². The molecular formula is C23H27N3O3. The number of nitrogens with zero attached hydrogens (tertiary/aromatic N) is 1. The monoisotopic (exact) mass is 393 g/mol. The van der Waals surface area contributed by atoms with E-state index in [0.717, 1.165) is 16.0 Å². The quantitative estimate of drug-likeness (QED) is 0.778. The smallest absolute Gasteiger partial charge is 0.325 e. The first kappa shape index (κ1) is 20.6. The van der Waals surface area contributed by atoms with Gasteiger partial charge in [0.15, 0.2) is 0 Å². The minimum Gasteiger partial charge on any atom is -0.325 e. The minimum absolute atomic E-state index is 0.0116. The lowest BCUT2D eigenvalue weighted by molar-refractivity contribution is -0.133. The Balaban J connectivity index is 1.75. The SMILES string of the molecule is Cc1cccc(NC(=O)CN2C(=O)N[C@](C)(c3ccc(C(C)(C)C)cc3)C2=O)c1. The zero-order valence-corrected chi connectivity index (χ0v) is 17.5. The van der Waals surface area contributed by atoms with Crippen LogP contribution in [0.25, 0.3) is 0 Å². The fourth-order valence-electron chi connectivity index (χ4n) is 3.41. The van der Waals surface area contributed by atoms with E-state index in [2.05, 4.69) is 31.4 Å². The standard InChI is InChI=1S/C23H27N3O3/c1-15-7-6-8-18(13-15)24-19(27)14-26-20(28)23(5,25-21(26)29)17-11-9-16(10-12-17)22(2,3)4/h6-13H,14H2,1-5H3,(H,24,27)(H,25,29)/t23-/m1/s1. The van der Waals surface area contributed by atoms with Gasteiger partial charge in [0.2, 0.25) is 5.91 Å². The molecule has 2 aromatic rings. The van der Waals surface area contributed by atoms with Crippen molar-refractivity contribution in [3.8, 4) is 0 Å². The molecule has 6 heteroatoms. The lowest BCUT2D eigenvalue weighted by Crippen LogP contribution is -2.42. The molecule has 29 heavy (non-hydrogen) atoms. The van der Waals surface area contributed by atoms with Crippen molar-refractivity contribution < 1.29 is 14.4 Å². The first-order valence-electron chi connectivity index (χ1n) is 9.62. The van der Waals surface area contributed by atoms with Crippen molar-refractivity contribution in [1.82, 2.24) is 10.2 Å². The Kier molecular flexibility index (Phi) is 5.22. The molecule has 152 valence electrons. The van der Waals surface area contributed by atoms with E-state index in [1.807, 2.05) is 49.4 Å². The maximum absolute atomic E-state index is 13.0. The van der Waals surface area contributed by atoms with Crippen LogP contribution in [0.3, 0.4) is 0 Å². The van der Waals surface area contributed by atoms with Gasteiger partial charge in [0.1, 0.15) is 12.1 Å². The Morgan fingerprint density at radius 1 is 1.10 bits per heavy atom. The molecule has 1 fully saturated rings. The number of anilines is 1. The third-order valence-electron chi connectivity index (χ3n) is 5.21. The topological polar surface area (TPSA) is 78.5 Å². The number of carbonyl (C=O) groups is 3. The second kappa shape index (κ2) is 7.35. The van der Waals surface area contributed by atoms with Gasteiger partial charge < -0.3 is 10.6 Å². The van der Waals surface area contributed by atoms with E-state index >= 15 is 0 Å². The van der Waals surface area contributed by atoms with Crippen LogP contribution in [0.2, 0.25) is 0 Å².